The number of hydrogen-bond acceptors (Lipinski definition) is 3. The summed E-state index contributed by atoms with van der Waals surface area (Å²) in [4.78, 5) is 4.53. The van der Waals surface area contributed by atoms with E-state index in [2.05, 4.69) is 43.8 Å². The molecule has 0 aliphatic carbocycles. The van der Waals surface area contributed by atoms with Crippen molar-refractivity contribution in [2.45, 2.75) is 53.0 Å². The molecule has 0 saturated heterocycles. The summed E-state index contributed by atoms with van der Waals surface area (Å²) in [6.07, 6.45) is 4.61. The normalized spacial score (nSPS) is 12.7. The van der Waals surface area contributed by atoms with Crippen LogP contribution in [0.4, 0.5) is 0 Å². The molecule has 4 nitrogen and oxygen atoms in total. The van der Waals surface area contributed by atoms with Gasteiger partial charge in [0.2, 0.25) is 0 Å². The minimum atomic E-state index is 0.167. The smallest absolute Gasteiger partial charge is 0.156 e. The van der Waals surface area contributed by atoms with Crippen LogP contribution in [0.3, 0.4) is 0 Å². The molecule has 0 aliphatic rings. The van der Waals surface area contributed by atoms with Crippen LogP contribution in [0, 0.1) is 13.8 Å². The van der Waals surface area contributed by atoms with Crippen LogP contribution in [-0.4, -0.2) is 20.8 Å². The van der Waals surface area contributed by atoms with E-state index in [4.69, 9.17) is 5.73 Å². The highest BCUT2D eigenvalue weighted by molar-refractivity contribution is 5.38. The van der Waals surface area contributed by atoms with Gasteiger partial charge in [0.15, 0.2) is 5.82 Å². The molecule has 0 bridgehead atoms. The zero-order chi connectivity index (χ0) is 14.7. The van der Waals surface area contributed by atoms with Crippen molar-refractivity contribution in [1.29, 1.82) is 0 Å². The lowest BCUT2D eigenvalue weighted by atomic mass is 10.1. The third kappa shape index (κ3) is 2.75. The molecule has 4 heteroatoms. The first-order valence-electron chi connectivity index (χ1n) is 7.33. The molecule has 0 saturated carbocycles. The lowest BCUT2D eigenvalue weighted by molar-refractivity contribution is 0.638. The highest BCUT2D eigenvalue weighted by Gasteiger charge is 2.15. The number of nitrogens with zero attached hydrogens (tertiary/aromatic N) is 3. The number of aryl methyl sites for hydroxylation is 1. The summed E-state index contributed by atoms with van der Waals surface area (Å²) in [7, 11) is 0. The average molecular weight is 272 g/mol. The summed E-state index contributed by atoms with van der Waals surface area (Å²) >= 11 is 0. The summed E-state index contributed by atoms with van der Waals surface area (Å²) in [5, 5.41) is 4.66. The van der Waals surface area contributed by atoms with Crippen LogP contribution in [-0.2, 0) is 12.8 Å². The first-order chi connectivity index (χ1) is 9.58. The van der Waals surface area contributed by atoms with Crippen molar-refractivity contribution in [2.24, 2.45) is 5.73 Å². The zero-order valence-corrected chi connectivity index (χ0v) is 12.8. The third-order valence-electron chi connectivity index (χ3n) is 3.87. The highest BCUT2D eigenvalue weighted by Crippen LogP contribution is 2.20. The van der Waals surface area contributed by atoms with Gasteiger partial charge >= 0.3 is 0 Å². The molecule has 0 aromatic carbocycles. The molecule has 2 aromatic rings. The van der Waals surface area contributed by atoms with Gasteiger partial charge in [-0.05, 0) is 50.3 Å². The van der Waals surface area contributed by atoms with Gasteiger partial charge in [-0.15, -0.1) is 0 Å². The van der Waals surface area contributed by atoms with E-state index in [9.17, 15) is 0 Å². The predicted molar refractivity (Wildman–Crippen MR) is 82.2 cm³/mol. The quantitative estimate of drug-likeness (QED) is 0.910. The van der Waals surface area contributed by atoms with E-state index in [1.807, 2.05) is 16.9 Å². The van der Waals surface area contributed by atoms with Gasteiger partial charge in [-0.1, -0.05) is 19.9 Å². The van der Waals surface area contributed by atoms with Crippen LogP contribution >= 0.6 is 0 Å². The van der Waals surface area contributed by atoms with Gasteiger partial charge in [-0.3, -0.25) is 0 Å². The minimum Gasteiger partial charge on any atom is -0.327 e. The topological polar surface area (TPSA) is 56.7 Å². The molecule has 2 rings (SSSR count). The maximum atomic E-state index is 6.09. The van der Waals surface area contributed by atoms with E-state index in [1.165, 1.54) is 11.3 Å². The highest BCUT2D eigenvalue weighted by atomic mass is 15.3. The minimum absolute atomic E-state index is 0.167. The molecular formula is C16H24N4. The Morgan fingerprint density at radius 2 is 2.05 bits per heavy atom. The average Bonchev–Trinajstić information content (AvgIpc) is 2.73. The molecule has 0 radical (unpaired) electrons. The van der Waals surface area contributed by atoms with Crippen molar-refractivity contribution in [2.75, 3.05) is 0 Å². The fourth-order valence-corrected chi connectivity index (χ4v) is 2.60. The molecule has 0 spiro atoms. The number of nitrogens with two attached hydrogens (primary N) is 1. The van der Waals surface area contributed by atoms with Gasteiger partial charge in [-0.2, -0.15) is 5.10 Å². The van der Waals surface area contributed by atoms with E-state index >= 15 is 0 Å². The Labute approximate surface area is 121 Å². The molecule has 1 unspecified atom stereocenters. The maximum Gasteiger partial charge on any atom is 0.156 e. The monoisotopic (exact) mass is 272 g/mol. The van der Waals surface area contributed by atoms with Gasteiger partial charge in [-0.25, -0.2) is 9.67 Å². The molecule has 0 amide bonds. The van der Waals surface area contributed by atoms with Crippen molar-refractivity contribution in [3.05, 3.63) is 40.8 Å². The summed E-state index contributed by atoms with van der Waals surface area (Å²) < 4.78 is 1.96. The Morgan fingerprint density at radius 3 is 2.65 bits per heavy atom. The Morgan fingerprint density at radius 1 is 1.30 bits per heavy atom. The molecule has 2 aromatic heterocycles. The Hall–Kier alpha value is -1.68. The first kappa shape index (κ1) is 14.7. The summed E-state index contributed by atoms with van der Waals surface area (Å²) in [5.74, 6) is 0.914. The van der Waals surface area contributed by atoms with Crippen molar-refractivity contribution in [3.8, 4) is 5.82 Å². The maximum absolute atomic E-state index is 6.09. The second-order valence-electron chi connectivity index (χ2n) is 5.27. The van der Waals surface area contributed by atoms with Crippen LogP contribution < -0.4 is 5.73 Å². The largest absolute Gasteiger partial charge is 0.327 e. The number of rotatable bonds is 5. The van der Waals surface area contributed by atoms with Crippen molar-refractivity contribution < 1.29 is 0 Å². The van der Waals surface area contributed by atoms with Crippen molar-refractivity contribution in [3.63, 3.8) is 0 Å². The van der Waals surface area contributed by atoms with E-state index in [0.717, 1.165) is 36.3 Å². The molecule has 0 aliphatic heterocycles. The summed E-state index contributed by atoms with van der Waals surface area (Å²) in [5.41, 5.74) is 10.8. The van der Waals surface area contributed by atoms with Crippen molar-refractivity contribution >= 4 is 0 Å². The molecule has 20 heavy (non-hydrogen) atoms. The molecule has 108 valence electrons. The van der Waals surface area contributed by atoms with Gasteiger partial charge in [0, 0.05) is 17.9 Å². The fourth-order valence-electron chi connectivity index (χ4n) is 2.60. The van der Waals surface area contributed by atoms with Crippen molar-refractivity contribution in [1.82, 2.24) is 14.8 Å². The van der Waals surface area contributed by atoms with Crippen LogP contribution in [0.1, 0.15) is 42.8 Å². The fraction of sp³-hybridized carbons (Fsp3) is 0.500. The van der Waals surface area contributed by atoms with E-state index < -0.39 is 0 Å². The second-order valence-corrected chi connectivity index (χ2v) is 5.27. The Kier molecular flexibility index (Phi) is 4.55. The Balaban J connectivity index is 2.48. The number of aromatic nitrogens is 3. The van der Waals surface area contributed by atoms with E-state index in [1.54, 1.807) is 0 Å². The molecule has 2 heterocycles. The number of pyridine rings is 1. The van der Waals surface area contributed by atoms with Gasteiger partial charge in [0.05, 0.1) is 5.69 Å². The van der Waals surface area contributed by atoms with Gasteiger partial charge in [0.25, 0.3) is 0 Å². The van der Waals surface area contributed by atoms with Crippen LogP contribution in [0.15, 0.2) is 18.3 Å². The summed E-state index contributed by atoms with van der Waals surface area (Å²) in [6.45, 7) is 8.44. The molecular weight excluding hydrogens is 248 g/mol. The standard InChI is InChI=1S/C16H24N4/c1-5-14(17)10-13-8-7-9-18-16(13)20-12(4)15(6-2)11(3)19-20/h7-9,14H,5-6,10,17H2,1-4H3. The summed E-state index contributed by atoms with van der Waals surface area (Å²) in [6, 6.07) is 4.23. The molecule has 2 N–H and O–H groups in total. The van der Waals surface area contributed by atoms with Crippen LogP contribution in [0.25, 0.3) is 5.82 Å². The molecule has 1 atom stereocenters. The second kappa shape index (κ2) is 6.18. The van der Waals surface area contributed by atoms with E-state index in [-0.39, 0.29) is 6.04 Å². The zero-order valence-electron chi connectivity index (χ0n) is 12.8. The lowest BCUT2D eigenvalue weighted by Crippen LogP contribution is -2.22. The van der Waals surface area contributed by atoms with E-state index in [0.29, 0.717) is 0 Å². The number of hydrogen-bond donors (Lipinski definition) is 1. The molecule has 0 fully saturated rings. The van der Waals surface area contributed by atoms with Crippen LogP contribution in [0.5, 0.6) is 0 Å². The lowest BCUT2D eigenvalue weighted by Gasteiger charge is -2.13. The SMILES string of the molecule is CCc1c(C)nn(-c2ncccc2CC(N)CC)c1C. The third-order valence-corrected chi connectivity index (χ3v) is 3.87. The first-order valence-corrected chi connectivity index (χ1v) is 7.33. The predicted octanol–water partition coefficient (Wildman–Crippen LogP) is 2.73. The van der Waals surface area contributed by atoms with Crippen LogP contribution in [0.2, 0.25) is 0 Å². The van der Waals surface area contributed by atoms with Gasteiger partial charge < -0.3 is 5.73 Å². The Bertz CT molecular complexity index is 586. The van der Waals surface area contributed by atoms with Gasteiger partial charge in [0.1, 0.15) is 0 Å².